The average molecular weight is 315 g/mol. The van der Waals surface area contributed by atoms with Gasteiger partial charge in [-0.05, 0) is 30.5 Å². The Hall–Kier alpha value is -2.37. The Balaban J connectivity index is 1.79. The van der Waals surface area contributed by atoms with Crippen molar-refractivity contribution in [2.45, 2.75) is 31.7 Å². The Morgan fingerprint density at radius 1 is 1.26 bits per heavy atom. The van der Waals surface area contributed by atoms with Gasteiger partial charge in [-0.15, -0.1) is 0 Å². The minimum absolute atomic E-state index is 0.0466. The van der Waals surface area contributed by atoms with E-state index in [1.54, 1.807) is 14.2 Å². The quantitative estimate of drug-likeness (QED) is 0.856. The molecule has 2 aliphatic rings. The highest BCUT2D eigenvalue weighted by Gasteiger charge is 2.34. The van der Waals surface area contributed by atoms with Crippen molar-refractivity contribution in [3.05, 3.63) is 29.8 Å². The van der Waals surface area contributed by atoms with Crippen LogP contribution in [0.3, 0.4) is 0 Å². The summed E-state index contributed by atoms with van der Waals surface area (Å²) in [7, 11) is 3.24. The van der Waals surface area contributed by atoms with E-state index in [0.29, 0.717) is 18.6 Å². The second-order valence-electron chi connectivity index (χ2n) is 5.89. The summed E-state index contributed by atoms with van der Waals surface area (Å²) >= 11 is 0. The summed E-state index contributed by atoms with van der Waals surface area (Å²) in [4.78, 5) is 26.2. The molecule has 0 radical (unpaired) electrons. The van der Waals surface area contributed by atoms with Gasteiger partial charge in [0.1, 0.15) is 11.5 Å². The fourth-order valence-corrected chi connectivity index (χ4v) is 3.17. The Labute approximate surface area is 135 Å². The predicted molar refractivity (Wildman–Crippen MR) is 86.1 cm³/mol. The molecule has 3 rings (SSSR count). The van der Waals surface area contributed by atoms with Crippen molar-refractivity contribution in [1.82, 2.24) is 9.91 Å². The number of hydrazone groups is 1. The number of likely N-dealkylation sites (tertiary alicyclic amines) is 1. The topological polar surface area (TPSA) is 62.2 Å². The lowest BCUT2D eigenvalue weighted by atomic mass is 10.0. The first-order valence-electron chi connectivity index (χ1n) is 7.89. The molecule has 122 valence electrons. The molecule has 0 aliphatic carbocycles. The molecule has 6 nitrogen and oxygen atoms in total. The minimum Gasteiger partial charge on any atom is -0.497 e. The van der Waals surface area contributed by atoms with Crippen LogP contribution >= 0.6 is 0 Å². The summed E-state index contributed by atoms with van der Waals surface area (Å²) in [5.41, 5.74) is 1.59. The van der Waals surface area contributed by atoms with Gasteiger partial charge in [-0.3, -0.25) is 9.59 Å². The molecule has 1 aromatic carbocycles. The molecule has 0 saturated carbocycles. The van der Waals surface area contributed by atoms with Gasteiger partial charge < -0.3 is 9.64 Å². The van der Waals surface area contributed by atoms with Crippen LogP contribution in [-0.2, 0) is 9.59 Å². The lowest BCUT2D eigenvalue weighted by molar-refractivity contribution is -0.130. The van der Waals surface area contributed by atoms with Crippen molar-refractivity contribution in [2.24, 2.45) is 5.10 Å². The van der Waals surface area contributed by atoms with Crippen LogP contribution in [0.4, 0.5) is 0 Å². The van der Waals surface area contributed by atoms with Crippen molar-refractivity contribution in [3.63, 3.8) is 0 Å². The molecule has 0 N–H and O–H groups in total. The zero-order valence-corrected chi connectivity index (χ0v) is 13.5. The molecular weight excluding hydrogens is 294 g/mol. The normalized spacial score (nSPS) is 21.4. The van der Waals surface area contributed by atoms with E-state index >= 15 is 0 Å². The van der Waals surface area contributed by atoms with Crippen molar-refractivity contribution < 1.29 is 14.3 Å². The van der Waals surface area contributed by atoms with E-state index in [2.05, 4.69) is 5.10 Å². The molecule has 6 heteroatoms. The van der Waals surface area contributed by atoms with E-state index in [0.717, 1.165) is 30.7 Å². The van der Waals surface area contributed by atoms with Gasteiger partial charge in [0.2, 0.25) is 5.91 Å². The third-order valence-electron chi connectivity index (χ3n) is 4.47. The molecule has 1 aromatic rings. The number of hydrogen-bond donors (Lipinski definition) is 0. The molecule has 1 unspecified atom stereocenters. The van der Waals surface area contributed by atoms with Crippen molar-refractivity contribution in [1.29, 1.82) is 0 Å². The first-order chi connectivity index (χ1) is 11.1. The van der Waals surface area contributed by atoms with Crippen LogP contribution in [0, 0.1) is 0 Å². The standard InChI is InChI=1S/C17H21N3O3/c1-19-16(21)10-9-14(18-19)17(22)20-11-3-4-15(20)12-5-7-13(23-2)8-6-12/h5-8,15H,3-4,9-11H2,1-2H3. The highest BCUT2D eigenvalue weighted by molar-refractivity contribution is 6.39. The van der Waals surface area contributed by atoms with E-state index in [4.69, 9.17) is 4.74 Å². The fourth-order valence-electron chi connectivity index (χ4n) is 3.17. The number of benzene rings is 1. The van der Waals surface area contributed by atoms with E-state index in [1.807, 2.05) is 29.2 Å². The van der Waals surface area contributed by atoms with Gasteiger partial charge in [-0.2, -0.15) is 5.10 Å². The molecule has 2 heterocycles. The summed E-state index contributed by atoms with van der Waals surface area (Å²) in [6.45, 7) is 0.728. The largest absolute Gasteiger partial charge is 0.497 e. The van der Waals surface area contributed by atoms with Crippen LogP contribution in [-0.4, -0.2) is 48.1 Å². The summed E-state index contributed by atoms with van der Waals surface area (Å²) in [6, 6.07) is 7.92. The maximum Gasteiger partial charge on any atom is 0.270 e. The predicted octanol–water partition coefficient (Wildman–Crippen LogP) is 1.97. The van der Waals surface area contributed by atoms with Crippen LogP contribution in [0.2, 0.25) is 0 Å². The zero-order valence-electron chi connectivity index (χ0n) is 13.5. The minimum atomic E-state index is -0.0531. The number of amides is 2. The molecule has 1 saturated heterocycles. The molecule has 23 heavy (non-hydrogen) atoms. The Kier molecular flexibility index (Phi) is 4.32. The first kappa shape index (κ1) is 15.5. The van der Waals surface area contributed by atoms with Crippen LogP contribution < -0.4 is 4.74 Å². The van der Waals surface area contributed by atoms with Gasteiger partial charge in [0, 0.05) is 26.4 Å². The summed E-state index contributed by atoms with van der Waals surface area (Å²) in [5.74, 6) is 0.707. The Morgan fingerprint density at radius 2 is 2.00 bits per heavy atom. The lowest BCUT2D eigenvalue weighted by Crippen LogP contribution is -2.40. The zero-order chi connectivity index (χ0) is 16.4. The highest BCUT2D eigenvalue weighted by Crippen LogP contribution is 2.33. The molecule has 0 bridgehead atoms. The Morgan fingerprint density at radius 3 is 2.65 bits per heavy atom. The second kappa shape index (κ2) is 6.40. The fraction of sp³-hybridized carbons (Fsp3) is 0.471. The van der Waals surface area contributed by atoms with Crippen LogP contribution in [0.1, 0.15) is 37.3 Å². The van der Waals surface area contributed by atoms with Crippen LogP contribution in [0.15, 0.2) is 29.4 Å². The van der Waals surface area contributed by atoms with E-state index in [1.165, 1.54) is 5.01 Å². The van der Waals surface area contributed by atoms with Gasteiger partial charge in [-0.25, -0.2) is 5.01 Å². The molecule has 0 aromatic heterocycles. The van der Waals surface area contributed by atoms with E-state index < -0.39 is 0 Å². The molecule has 2 aliphatic heterocycles. The Bertz CT molecular complexity index is 639. The van der Waals surface area contributed by atoms with Gasteiger partial charge in [0.05, 0.1) is 13.2 Å². The van der Waals surface area contributed by atoms with Gasteiger partial charge in [0.25, 0.3) is 5.91 Å². The number of hydrogen-bond acceptors (Lipinski definition) is 4. The molecule has 2 amide bonds. The van der Waals surface area contributed by atoms with Crippen molar-refractivity contribution in [3.8, 4) is 5.75 Å². The van der Waals surface area contributed by atoms with E-state index in [-0.39, 0.29) is 17.9 Å². The summed E-state index contributed by atoms with van der Waals surface area (Å²) < 4.78 is 5.19. The second-order valence-corrected chi connectivity index (χ2v) is 5.89. The molecule has 1 atom stereocenters. The molecule has 1 fully saturated rings. The molecule has 0 spiro atoms. The number of rotatable bonds is 3. The third kappa shape index (κ3) is 3.06. The number of methoxy groups -OCH3 is 1. The van der Waals surface area contributed by atoms with Gasteiger partial charge in [-0.1, -0.05) is 12.1 Å². The van der Waals surface area contributed by atoms with Crippen LogP contribution in [0.5, 0.6) is 5.75 Å². The number of carbonyl (C=O) groups excluding carboxylic acids is 2. The number of ether oxygens (including phenoxy) is 1. The third-order valence-corrected chi connectivity index (χ3v) is 4.47. The number of carbonyl (C=O) groups is 2. The van der Waals surface area contributed by atoms with Gasteiger partial charge in [0.15, 0.2) is 0 Å². The lowest BCUT2D eigenvalue weighted by Gasteiger charge is -2.27. The van der Waals surface area contributed by atoms with Crippen molar-refractivity contribution >= 4 is 17.5 Å². The highest BCUT2D eigenvalue weighted by atomic mass is 16.5. The van der Waals surface area contributed by atoms with Gasteiger partial charge >= 0.3 is 0 Å². The first-order valence-corrected chi connectivity index (χ1v) is 7.89. The number of nitrogens with zero attached hydrogens (tertiary/aromatic N) is 3. The average Bonchev–Trinajstić information content (AvgIpc) is 3.06. The maximum atomic E-state index is 12.8. The van der Waals surface area contributed by atoms with Crippen molar-refractivity contribution in [2.75, 3.05) is 20.7 Å². The van der Waals surface area contributed by atoms with E-state index in [9.17, 15) is 9.59 Å². The summed E-state index contributed by atoms with van der Waals surface area (Å²) in [5, 5.41) is 5.43. The van der Waals surface area contributed by atoms with Crippen LogP contribution in [0.25, 0.3) is 0 Å². The summed E-state index contributed by atoms with van der Waals surface area (Å²) in [6.07, 6.45) is 2.69. The SMILES string of the molecule is COc1ccc(C2CCCN2C(=O)C2=NN(C)C(=O)CC2)cc1. The monoisotopic (exact) mass is 315 g/mol. The molecular formula is C17H21N3O3. The maximum absolute atomic E-state index is 12.8. The smallest absolute Gasteiger partial charge is 0.270 e.